The van der Waals surface area contributed by atoms with E-state index in [0.29, 0.717) is 6.61 Å². The molecule has 0 bridgehead atoms. The summed E-state index contributed by atoms with van der Waals surface area (Å²) in [7, 11) is 0. The van der Waals surface area contributed by atoms with E-state index in [1.165, 1.54) is 6.92 Å². The van der Waals surface area contributed by atoms with Crippen molar-refractivity contribution >= 4 is 5.97 Å². The molecule has 0 atom stereocenters. The van der Waals surface area contributed by atoms with Gasteiger partial charge in [-0.2, -0.15) is 0 Å². The zero-order chi connectivity index (χ0) is 11.9. The van der Waals surface area contributed by atoms with Crippen LogP contribution in [-0.4, -0.2) is 49.2 Å². The van der Waals surface area contributed by atoms with E-state index < -0.39 is 0 Å². The summed E-state index contributed by atoms with van der Waals surface area (Å²) in [5.74, 6) is -0.211. The predicted molar refractivity (Wildman–Crippen MR) is 51.5 cm³/mol. The van der Waals surface area contributed by atoms with Crippen molar-refractivity contribution in [3.8, 4) is 0 Å². The van der Waals surface area contributed by atoms with E-state index in [9.17, 15) is 4.79 Å². The lowest BCUT2D eigenvalue weighted by Gasteiger charge is -2.01. The predicted octanol–water partition coefficient (Wildman–Crippen LogP) is -1.01. The quantitative estimate of drug-likeness (QED) is 0.290. The molecule has 0 aromatic carbocycles. The Morgan fingerprint density at radius 3 is 1.87 bits per heavy atom. The monoisotopic (exact) mass is 225 g/mol. The molecule has 0 amide bonds. The third kappa shape index (κ3) is 24.6. The smallest absolute Gasteiger partial charge is 0.302 e. The van der Waals surface area contributed by atoms with E-state index in [0.717, 1.165) is 0 Å². The van der Waals surface area contributed by atoms with Crippen LogP contribution in [0.5, 0.6) is 0 Å². The minimum Gasteiger partial charge on any atom is -0.466 e. The van der Waals surface area contributed by atoms with Crippen LogP contribution >= 0.6 is 0 Å². The number of hydrogen-bond donors (Lipinski definition) is 3. The molecule has 0 unspecified atom stereocenters. The molecule has 3 N–H and O–H groups in total. The van der Waals surface area contributed by atoms with Gasteiger partial charge in [0.15, 0.2) is 0 Å². The van der Waals surface area contributed by atoms with Gasteiger partial charge in [-0.05, 0) is 6.92 Å². The number of aliphatic hydroxyl groups is 2. The third-order valence-corrected chi connectivity index (χ3v) is 0.852. The fourth-order valence-electron chi connectivity index (χ4n) is 0.420. The topological polar surface area (TPSA) is 97.3 Å². The van der Waals surface area contributed by atoms with E-state index in [2.05, 4.69) is 20.1 Å². The minimum atomic E-state index is -0.211. The van der Waals surface area contributed by atoms with Crippen molar-refractivity contribution in [2.75, 3.05) is 33.0 Å². The lowest BCUT2D eigenvalue weighted by molar-refractivity contribution is -0.178. The van der Waals surface area contributed by atoms with Crippen LogP contribution in [-0.2, 0) is 19.2 Å². The molecule has 0 radical (unpaired) electrons. The Hall–Kier alpha value is -0.730. The highest BCUT2D eigenvalue weighted by Crippen LogP contribution is 1.69. The second-order valence-electron chi connectivity index (χ2n) is 2.15. The number of carbonyl (C=O) groups excluding carboxylic acids is 1. The molecule has 0 rings (SSSR count). The highest BCUT2D eigenvalue weighted by Gasteiger charge is 1.83. The molecule has 0 heterocycles. The van der Waals surface area contributed by atoms with Crippen molar-refractivity contribution in [2.24, 2.45) is 0 Å². The first-order valence-electron chi connectivity index (χ1n) is 4.52. The molecule has 92 valence electrons. The maximum absolute atomic E-state index is 9.82. The second-order valence-corrected chi connectivity index (χ2v) is 2.15. The van der Waals surface area contributed by atoms with Crippen LogP contribution in [0.25, 0.3) is 0 Å². The fourth-order valence-corrected chi connectivity index (χ4v) is 0.420. The summed E-state index contributed by atoms with van der Waals surface area (Å²) >= 11 is 0. The lowest BCUT2D eigenvalue weighted by atomic mass is 10.8. The number of hydrogen-bond acceptors (Lipinski definition) is 7. The molecule has 0 saturated carbocycles. The summed E-state index contributed by atoms with van der Waals surface area (Å²) < 4.78 is 4.40. The van der Waals surface area contributed by atoms with E-state index in [1.54, 1.807) is 6.92 Å². The first kappa shape index (κ1) is 16.7. The van der Waals surface area contributed by atoms with Gasteiger partial charge in [0.2, 0.25) is 0 Å². The standard InChI is InChI=1S/C4H11NO4.C4H8O2/c6-1-3-8-5-9-4-2-7;1-3-6-4(2)5/h5-7H,1-4H2;3H2,1-2H3. The van der Waals surface area contributed by atoms with Crippen molar-refractivity contribution in [3.63, 3.8) is 0 Å². The number of aliphatic hydroxyl groups excluding tert-OH is 2. The molecule has 0 spiro atoms. The Morgan fingerprint density at radius 2 is 1.67 bits per heavy atom. The van der Waals surface area contributed by atoms with Gasteiger partial charge < -0.3 is 14.9 Å². The van der Waals surface area contributed by atoms with Gasteiger partial charge in [0, 0.05) is 6.92 Å². The first-order valence-corrected chi connectivity index (χ1v) is 4.52. The Labute approximate surface area is 88.8 Å². The molecule has 0 aliphatic heterocycles. The van der Waals surface area contributed by atoms with Gasteiger partial charge in [0.1, 0.15) is 0 Å². The van der Waals surface area contributed by atoms with Crippen LogP contribution in [0.15, 0.2) is 0 Å². The summed E-state index contributed by atoms with van der Waals surface area (Å²) in [6.45, 7) is 3.88. The third-order valence-electron chi connectivity index (χ3n) is 0.852. The van der Waals surface area contributed by atoms with E-state index in [-0.39, 0.29) is 32.4 Å². The molecule has 0 fully saturated rings. The molecule has 0 aliphatic carbocycles. The van der Waals surface area contributed by atoms with Crippen LogP contribution in [0.1, 0.15) is 13.8 Å². The fraction of sp³-hybridized carbons (Fsp3) is 0.875. The Bertz CT molecular complexity index is 126. The molecular weight excluding hydrogens is 206 g/mol. The van der Waals surface area contributed by atoms with Gasteiger partial charge in [0.25, 0.3) is 0 Å². The molecule has 0 aromatic rings. The number of rotatable bonds is 7. The Morgan fingerprint density at radius 1 is 1.20 bits per heavy atom. The molecule has 0 saturated heterocycles. The summed E-state index contributed by atoms with van der Waals surface area (Å²) in [5.41, 5.74) is 2.07. The van der Waals surface area contributed by atoms with Gasteiger partial charge in [0.05, 0.1) is 33.0 Å². The first-order chi connectivity index (χ1) is 7.18. The van der Waals surface area contributed by atoms with Gasteiger partial charge >= 0.3 is 5.97 Å². The molecule has 0 aliphatic rings. The molecular formula is C8H19NO6. The van der Waals surface area contributed by atoms with Crippen LogP contribution in [0.4, 0.5) is 0 Å². The highest BCUT2D eigenvalue weighted by atomic mass is 16.9. The van der Waals surface area contributed by atoms with Gasteiger partial charge in [-0.1, -0.05) is 5.64 Å². The summed E-state index contributed by atoms with van der Waals surface area (Å²) in [5, 5.41) is 16.3. The van der Waals surface area contributed by atoms with E-state index in [4.69, 9.17) is 10.2 Å². The summed E-state index contributed by atoms with van der Waals surface area (Å²) in [6, 6.07) is 0. The number of carbonyl (C=O) groups is 1. The van der Waals surface area contributed by atoms with Crippen LogP contribution in [0.2, 0.25) is 0 Å². The zero-order valence-corrected chi connectivity index (χ0v) is 9.06. The molecule has 7 nitrogen and oxygen atoms in total. The summed E-state index contributed by atoms with van der Waals surface area (Å²) in [4.78, 5) is 18.7. The Balaban J connectivity index is 0. The maximum Gasteiger partial charge on any atom is 0.302 e. The van der Waals surface area contributed by atoms with Gasteiger partial charge in [-0.3, -0.25) is 14.5 Å². The second kappa shape index (κ2) is 15.7. The largest absolute Gasteiger partial charge is 0.466 e. The molecule has 0 aromatic heterocycles. The van der Waals surface area contributed by atoms with Crippen LogP contribution in [0, 0.1) is 0 Å². The number of ether oxygens (including phenoxy) is 1. The van der Waals surface area contributed by atoms with Crippen molar-refractivity contribution in [2.45, 2.75) is 13.8 Å². The van der Waals surface area contributed by atoms with Gasteiger partial charge in [-0.25, -0.2) is 0 Å². The molecule has 7 heteroatoms. The zero-order valence-electron chi connectivity index (χ0n) is 9.06. The average molecular weight is 225 g/mol. The normalized spacial score (nSPS) is 9.07. The summed E-state index contributed by atoms with van der Waals surface area (Å²) in [6.07, 6.45) is 0. The van der Waals surface area contributed by atoms with Gasteiger partial charge in [-0.15, -0.1) is 0 Å². The van der Waals surface area contributed by atoms with Crippen molar-refractivity contribution in [3.05, 3.63) is 0 Å². The van der Waals surface area contributed by atoms with Crippen molar-refractivity contribution in [1.29, 1.82) is 0 Å². The average Bonchev–Trinajstić information content (AvgIpc) is 2.18. The maximum atomic E-state index is 9.82. The lowest BCUT2D eigenvalue weighted by Crippen LogP contribution is -2.19. The Kier molecular flexibility index (Phi) is 17.5. The minimum absolute atomic E-state index is 0.0600. The van der Waals surface area contributed by atoms with Crippen LogP contribution < -0.4 is 5.64 Å². The number of nitrogens with one attached hydrogen (secondary N) is 1. The van der Waals surface area contributed by atoms with Crippen molar-refractivity contribution in [1.82, 2.24) is 5.64 Å². The molecule has 15 heavy (non-hydrogen) atoms. The van der Waals surface area contributed by atoms with Crippen molar-refractivity contribution < 1.29 is 29.4 Å². The highest BCUT2D eigenvalue weighted by molar-refractivity contribution is 5.65. The SMILES string of the molecule is CCOC(C)=O.OCCONOCCO. The number of esters is 1. The van der Waals surface area contributed by atoms with Crippen LogP contribution in [0.3, 0.4) is 0 Å². The van der Waals surface area contributed by atoms with E-state index >= 15 is 0 Å². The van der Waals surface area contributed by atoms with E-state index in [1.807, 2.05) is 0 Å².